The number of benzene rings is 1. The molecular weight excluding hydrogens is 412 g/mol. The molecule has 0 aliphatic rings. The Labute approximate surface area is 152 Å². The van der Waals surface area contributed by atoms with Gasteiger partial charge in [-0.3, -0.25) is 9.67 Å². The summed E-state index contributed by atoms with van der Waals surface area (Å²) in [6.45, 7) is 1.08. The molecule has 0 unspecified atom stereocenters. The average Bonchev–Trinajstić information content (AvgIpc) is 2.88. The van der Waals surface area contributed by atoms with Gasteiger partial charge in [0.1, 0.15) is 0 Å². The predicted molar refractivity (Wildman–Crippen MR) is 98.4 cm³/mol. The van der Waals surface area contributed by atoms with Gasteiger partial charge in [0.05, 0.1) is 6.20 Å². The first-order valence-electron chi connectivity index (χ1n) is 6.86. The molecule has 1 heterocycles. The van der Waals surface area contributed by atoms with Crippen molar-refractivity contribution in [2.75, 3.05) is 14.1 Å². The zero-order chi connectivity index (χ0) is 16.1. The number of rotatable bonds is 4. The molecule has 0 aliphatic carbocycles. The molecule has 2 aromatic rings. The van der Waals surface area contributed by atoms with Gasteiger partial charge in [-0.2, -0.15) is 5.10 Å². The number of nitrogens with one attached hydrogen (secondary N) is 1. The minimum absolute atomic E-state index is 0. The maximum Gasteiger partial charge on any atom is 0.193 e. The fourth-order valence-corrected chi connectivity index (χ4v) is 2.13. The normalized spacial score (nSPS) is 11.0. The van der Waals surface area contributed by atoms with Crippen LogP contribution in [0.1, 0.15) is 11.1 Å². The lowest BCUT2D eigenvalue weighted by Gasteiger charge is -2.21. The fraction of sp³-hybridized carbons (Fsp3) is 0.333. The van der Waals surface area contributed by atoms with Gasteiger partial charge in [0.25, 0.3) is 0 Å². The lowest BCUT2D eigenvalue weighted by Crippen LogP contribution is -2.38. The predicted octanol–water partition coefficient (Wildman–Crippen LogP) is 2.09. The molecule has 0 saturated carbocycles. The third kappa shape index (κ3) is 5.38. The van der Waals surface area contributed by atoms with Crippen LogP contribution in [0.25, 0.3) is 0 Å². The third-order valence-corrected chi connectivity index (χ3v) is 3.21. The second kappa shape index (κ2) is 8.70. The first-order chi connectivity index (χ1) is 10.5. The van der Waals surface area contributed by atoms with Crippen LogP contribution >= 0.6 is 24.0 Å². The molecule has 0 spiro atoms. The van der Waals surface area contributed by atoms with Crippen LogP contribution in [0.3, 0.4) is 0 Å². The number of hydrogen-bond acceptors (Lipinski definition) is 3. The lowest BCUT2D eigenvalue weighted by atomic mass is 10.2. The van der Waals surface area contributed by atoms with Crippen molar-refractivity contribution in [1.82, 2.24) is 20.0 Å². The van der Waals surface area contributed by atoms with E-state index in [4.69, 9.17) is 0 Å². The highest BCUT2D eigenvalue weighted by molar-refractivity contribution is 14.0. The summed E-state index contributed by atoms with van der Waals surface area (Å²) in [6, 6.07) is 4.31. The van der Waals surface area contributed by atoms with Crippen LogP contribution < -0.4 is 5.32 Å². The van der Waals surface area contributed by atoms with E-state index in [2.05, 4.69) is 15.4 Å². The molecule has 0 atom stereocenters. The lowest BCUT2D eigenvalue weighted by molar-refractivity contribution is 0.431. The van der Waals surface area contributed by atoms with Crippen molar-refractivity contribution < 1.29 is 9.50 Å². The number of aliphatic imine (C=N–C) groups is 1. The summed E-state index contributed by atoms with van der Waals surface area (Å²) in [4.78, 5) is 6.16. The summed E-state index contributed by atoms with van der Waals surface area (Å²) < 4.78 is 15.1. The van der Waals surface area contributed by atoms with Crippen LogP contribution in [-0.2, 0) is 20.1 Å². The summed E-state index contributed by atoms with van der Waals surface area (Å²) in [7, 11) is 5.48. The van der Waals surface area contributed by atoms with Gasteiger partial charge >= 0.3 is 0 Å². The highest BCUT2D eigenvalue weighted by atomic mass is 127. The molecule has 0 radical (unpaired) electrons. The van der Waals surface area contributed by atoms with Gasteiger partial charge < -0.3 is 15.3 Å². The molecule has 6 nitrogen and oxygen atoms in total. The zero-order valence-electron chi connectivity index (χ0n) is 13.3. The molecule has 126 valence electrons. The molecule has 1 aromatic heterocycles. The Morgan fingerprint density at radius 2 is 2.17 bits per heavy atom. The minimum Gasteiger partial charge on any atom is -0.505 e. The van der Waals surface area contributed by atoms with E-state index in [0.29, 0.717) is 19.0 Å². The fourth-order valence-electron chi connectivity index (χ4n) is 2.13. The maximum absolute atomic E-state index is 13.3. The molecule has 2 N–H and O–H groups in total. The Kier molecular flexibility index (Phi) is 7.27. The number of phenols is 1. The van der Waals surface area contributed by atoms with Crippen LogP contribution in [0.4, 0.5) is 4.39 Å². The molecular formula is C15H21FIN5O. The van der Waals surface area contributed by atoms with E-state index in [9.17, 15) is 9.50 Å². The van der Waals surface area contributed by atoms with E-state index in [0.717, 1.165) is 11.1 Å². The summed E-state index contributed by atoms with van der Waals surface area (Å²) >= 11 is 0. The largest absolute Gasteiger partial charge is 0.505 e. The minimum atomic E-state index is -0.627. The Morgan fingerprint density at radius 3 is 2.74 bits per heavy atom. The number of aryl methyl sites for hydroxylation is 1. The van der Waals surface area contributed by atoms with E-state index in [-0.39, 0.29) is 29.7 Å². The number of halogens is 2. The quantitative estimate of drug-likeness (QED) is 0.441. The molecule has 0 fully saturated rings. The number of aromatic hydroxyl groups is 1. The van der Waals surface area contributed by atoms with Crippen LogP contribution in [0.15, 0.2) is 35.6 Å². The Balaban J connectivity index is 0.00000264. The van der Waals surface area contributed by atoms with Crippen LogP contribution in [0.2, 0.25) is 0 Å². The molecule has 1 aromatic carbocycles. The van der Waals surface area contributed by atoms with E-state index < -0.39 is 5.82 Å². The van der Waals surface area contributed by atoms with Gasteiger partial charge in [0, 0.05) is 46.0 Å². The second-order valence-electron chi connectivity index (χ2n) is 5.06. The number of aromatic nitrogens is 2. The molecule has 0 saturated heterocycles. The van der Waals surface area contributed by atoms with Crippen molar-refractivity contribution in [2.45, 2.75) is 13.1 Å². The van der Waals surface area contributed by atoms with Crippen molar-refractivity contribution in [3.8, 4) is 5.75 Å². The topological polar surface area (TPSA) is 65.7 Å². The summed E-state index contributed by atoms with van der Waals surface area (Å²) in [5, 5.41) is 16.5. The van der Waals surface area contributed by atoms with Crippen molar-refractivity contribution in [3.05, 3.63) is 47.5 Å². The van der Waals surface area contributed by atoms with Crippen LogP contribution in [0, 0.1) is 5.82 Å². The van der Waals surface area contributed by atoms with Gasteiger partial charge in [-0.1, -0.05) is 6.07 Å². The van der Waals surface area contributed by atoms with Crippen molar-refractivity contribution in [2.24, 2.45) is 12.0 Å². The molecule has 23 heavy (non-hydrogen) atoms. The Morgan fingerprint density at radius 1 is 1.43 bits per heavy atom. The van der Waals surface area contributed by atoms with Gasteiger partial charge in [-0.25, -0.2) is 4.39 Å². The van der Waals surface area contributed by atoms with Gasteiger partial charge in [-0.15, -0.1) is 24.0 Å². The van der Waals surface area contributed by atoms with Crippen LogP contribution in [-0.4, -0.2) is 39.8 Å². The summed E-state index contributed by atoms with van der Waals surface area (Å²) in [6.07, 6.45) is 3.75. The van der Waals surface area contributed by atoms with Crippen molar-refractivity contribution >= 4 is 29.9 Å². The smallest absolute Gasteiger partial charge is 0.193 e. The maximum atomic E-state index is 13.3. The highest BCUT2D eigenvalue weighted by Crippen LogP contribution is 2.16. The molecule has 0 bridgehead atoms. The zero-order valence-corrected chi connectivity index (χ0v) is 15.7. The van der Waals surface area contributed by atoms with E-state index in [1.807, 2.05) is 25.2 Å². The van der Waals surface area contributed by atoms with Crippen molar-refractivity contribution in [3.63, 3.8) is 0 Å². The van der Waals surface area contributed by atoms with Gasteiger partial charge in [0.2, 0.25) is 0 Å². The number of nitrogens with zero attached hydrogens (tertiary/aromatic N) is 4. The van der Waals surface area contributed by atoms with Gasteiger partial charge in [-0.05, 0) is 17.7 Å². The monoisotopic (exact) mass is 433 g/mol. The Hall–Kier alpha value is -1.84. The van der Waals surface area contributed by atoms with Crippen molar-refractivity contribution in [1.29, 1.82) is 0 Å². The average molecular weight is 433 g/mol. The summed E-state index contributed by atoms with van der Waals surface area (Å²) in [5.41, 5.74) is 1.80. The number of phenolic OH excluding ortho intramolecular Hbond substituents is 1. The first kappa shape index (κ1) is 19.2. The summed E-state index contributed by atoms with van der Waals surface area (Å²) in [5.74, 6) is -0.280. The standard InChI is InChI=1S/C15H20FN5O.HI/c1-17-15(20(2)9-12-8-19-21(3)10-12)18-7-11-4-5-14(22)13(16)6-11;/h4-6,8,10,22H,7,9H2,1-3H3,(H,17,18);1H. The Bertz CT molecular complexity index is 674. The van der Waals surface area contributed by atoms with E-state index in [1.54, 1.807) is 24.0 Å². The SMILES string of the molecule is CN=C(NCc1ccc(O)c(F)c1)N(C)Cc1cnn(C)c1.I. The molecule has 0 amide bonds. The second-order valence-corrected chi connectivity index (χ2v) is 5.06. The molecule has 0 aliphatic heterocycles. The number of hydrogen-bond donors (Lipinski definition) is 2. The highest BCUT2D eigenvalue weighted by Gasteiger charge is 2.08. The first-order valence-corrected chi connectivity index (χ1v) is 6.86. The molecule has 8 heteroatoms. The molecule has 2 rings (SSSR count). The number of guanidine groups is 1. The van der Waals surface area contributed by atoms with E-state index in [1.165, 1.54) is 12.1 Å². The third-order valence-electron chi connectivity index (χ3n) is 3.21. The van der Waals surface area contributed by atoms with E-state index >= 15 is 0 Å². The van der Waals surface area contributed by atoms with Gasteiger partial charge in [0.15, 0.2) is 17.5 Å². The van der Waals surface area contributed by atoms with Crippen LogP contribution in [0.5, 0.6) is 5.75 Å².